The van der Waals surface area contributed by atoms with Crippen LogP contribution in [0.4, 0.5) is 0 Å². The average Bonchev–Trinajstić information content (AvgIpc) is 3.25. The van der Waals surface area contributed by atoms with Crippen LogP contribution < -0.4 is 5.56 Å². The third-order valence-electron chi connectivity index (χ3n) is 5.46. The van der Waals surface area contributed by atoms with Gasteiger partial charge >= 0.3 is 0 Å². The quantitative estimate of drug-likeness (QED) is 0.614. The third kappa shape index (κ3) is 3.98. The summed E-state index contributed by atoms with van der Waals surface area (Å²) in [4.78, 5) is 37.7. The summed E-state index contributed by atoms with van der Waals surface area (Å²) in [5.74, 6) is 1.78. The molecule has 2 aromatic heterocycles. The fourth-order valence-electron chi connectivity index (χ4n) is 3.73. The van der Waals surface area contributed by atoms with Gasteiger partial charge in [0.05, 0.1) is 16.0 Å². The number of carbonyl (C=O) groups excluding carboxylic acids is 1. The van der Waals surface area contributed by atoms with E-state index in [4.69, 9.17) is 0 Å². The molecular weight excluding hydrogens is 402 g/mol. The predicted molar refractivity (Wildman–Crippen MR) is 120 cm³/mol. The number of carbonyl (C=O) groups is 1. The molecule has 1 unspecified atom stereocenters. The smallest absolute Gasteiger partial charge is 0.264 e. The third-order valence-corrected chi connectivity index (χ3v) is 7.81. The number of rotatable bonds is 4. The molecule has 1 N–H and O–H groups in total. The molecule has 0 aliphatic carbocycles. The molecule has 0 bridgehead atoms. The molecule has 0 saturated carbocycles. The van der Waals surface area contributed by atoms with Crippen LogP contribution in [0.2, 0.25) is 0 Å². The number of hydrogen-bond acceptors (Lipinski definition) is 5. The molecule has 1 saturated heterocycles. The van der Waals surface area contributed by atoms with E-state index in [-0.39, 0.29) is 11.5 Å². The van der Waals surface area contributed by atoms with Crippen molar-refractivity contribution < 1.29 is 4.79 Å². The van der Waals surface area contributed by atoms with Gasteiger partial charge in [-0.05, 0) is 50.3 Å². The van der Waals surface area contributed by atoms with E-state index >= 15 is 0 Å². The van der Waals surface area contributed by atoms with Crippen LogP contribution >= 0.6 is 23.1 Å². The van der Waals surface area contributed by atoms with Gasteiger partial charge in [-0.25, -0.2) is 4.98 Å². The number of likely N-dealkylation sites (tertiary alicyclic amines) is 1. The summed E-state index contributed by atoms with van der Waals surface area (Å²) in [6, 6.07) is 6.36. The lowest BCUT2D eigenvalue weighted by Crippen LogP contribution is -2.28. The highest BCUT2D eigenvalue weighted by Gasteiger charge is 2.28. The number of amides is 1. The van der Waals surface area contributed by atoms with Gasteiger partial charge in [0.25, 0.3) is 11.5 Å². The molecular formula is C22H25N3O2S2. The summed E-state index contributed by atoms with van der Waals surface area (Å²) in [6.07, 6.45) is 1.04. The molecule has 1 atom stereocenters. The average molecular weight is 428 g/mol. The van der Waals surface area contributed by atoms with E-state index in [1.54, 1.807) is 11.8 Å². The Morgan fingerprint density at radius 1 is 1.34 bits per heavy atom. The molecule has 1 amide bonds. The van der Waals surface area contributed by atoms with E-state index in [9.17, 15) is 9.59 Å². The Balaban J connectivity index is 1.62. The highest BCUT2D eigenvalue weighted by atomic mass is 32.2. The van der Waals surface area contributed by atoms with Crippen molar-refractivity contribution in [2.45, 2.75) is 44.8 Å². The number of nitrogens with one attached hydrogen (secondary N) is 1. The summed E-state index contributed by atoms with van der Waals surface area (Å²) in [7, 11) is 0. The van der Waals surface area contributed by atoms with Gasteiger partial charge in [0.15, 0.2) is 0 Å². The summed E-state index contributed by atoms with van der Waals surface area (Å²) in [5.41, 5.74) is 3.01. The number of nitrogens with zero attached hydrogens (tertiary/aromatic N) is 2. The van der Waals surface area contributed by atoms with Crippen molar-refractivity contribution >= 4 is 39.2 Å². The van der Waals surface area contributed by atoms with Gasteiger partial charge in [0.1, 0.15) is 10.7 Å². The Labute approximate surface area is 178 Å². The molecule has 0 spiro atoms. The minimum Gasteiger partial charge on any atom is -0.338 e. The Morgan fingerprint density at radius 3 is 2.86 bits per heavy atom. The molecule has 1 aromatic carbocycles. The summed E-state index contributed by atoms with van der Waals surface area (Å²) in [5, 5.41) is 0.547. The molecule has 1 aliphatic rings. The number of aryl methyl sites for hydroxylation is 3. The van der Waals surface area contributed by atoms with Crippen molar-refractivity contribution in [2.75, 3.05) is 13.1 Å². The molecule has 5 nitrogen and oxygen atoms in total. The Hall–Kier alpha value is -2.12. The van der Waals surface area contributed by atoms with Gasteiger partial charge in [0, 0.05) is 18.0 Å². The van der Waals surface area contributed by atoms with Crippen molar-refractivity contribution in [3.63, 3.8) is 0 Å². The molecule has 4 rings (SSSR count). The van der Waals surface area contributed by atoms with Crippen molar-refractivity contribution in [1.82, 2.24) is 14.9 Å². The van der Waals surface area contributed by atoms with Crippen LogP contribution in [0.1, 0.15) is 45.5 Å². The lowest BCUT2D eigenvalue weighted by atomic mass is 10.2. The lowest BCUT2D eigenvalue weighted by Gasteiger charge is -2.15. The van der Waals surface area contributed by atoms with Crippen LogP contribution in [0.5, 0.6) is 0 Å². The zero-order chi connectivity index (χ0) is 20.7. The topological polar surface area (TPSA) is 66.1 Å². The molecule has 0 radical (unpaired) electrons. The van der Waals surface area contributed by atoms with Crippen LogP contribution in [0.3, 0.4) is 0 Å². The number of H-pyrrole nitrogens is 1. The van der Waals surface area contributed by atoms with Crippen molar-refractivity contribution in [3.8, 4) is 0 Å². The van der Waals surface area contributed by atoms with Crippen molar-refractivity contribution in [2.24, 2.45) is 5.92 Å². The van der Waals surface area contributed by atoms with E-state index < -0.39 is 0 Å². The van der Waals surface area contributed by atoms with E-state index in [1.165, 1.54) is 27.4 Å². The second kappa shape index (κ2) is 7.95. The minimum absolute atomic E-state index is 0.0283. The Morgan fingerprint density at radius 2 is 2.14 bits per heavy atom. The van der Waals surface area contributed by atoms with Gasteiger partial charge in [0.2, 0.25) is 0 Å². The summed E-state index contributed by atoms with van der Waals surface area (Å²) < 4.78 is 0. The Kier molecular flexibility index (Phi) is 5.53. The van der Waals surface area contributed by atoms with Gasteiger partial charge in [-0.15, -0.1) is 23.1 Å². The predicted octanol–water partition coefficient (Wildman–Crippen LogP) is 4.68. The summed E-state index contributed by atoms with van der Waals surface area (Å²) in [6.45, 7) is 9.75. The van der Waals surface area contributed by atoms with Gasteiger partial charge in [-0.3, -0.25) is 9.59 Å². The zero-order valence-corrected chi connectivity index (χ0v) is 18.8. The molecule has 3 aromatic rings. The van der Waals surface area contributed by atoms with Crippen LogP contribution in [-0.2, 0) is 5.75 Å². The number of aromatic amines is 1. The molecule has 3 heterocycles. The molecule has 152 valence electrons. The second-order valence-corrected chi connectivity index (χ2v) is 9.97. The van der Waals surface area contributed by atoms with Crippen LogP contribution in [0, 0.1) is 26.7 Å². The Bertz CT molecular complexity index is 1150. The second-order valence-electron chi connectivity index (χ2n) is 7.95. The summed E-state index contributed by atoms with van der Waals surface area (Å²) >= 11 is 3.01. The molecule has 7 heteroatoms. The van der Waals surface area contributed by atoms with Crippen LogP contribution in [0.15, 0.2) is 27.9 Å². The molecule has 29 heavy (non-hydrogen) atoms. The first kappa shape index (κ1) is 20.2. The van der Waals surface area contributed by atoms with Gasteiger partial charge in [-0.2, -0.15) is 0 Å². The molecule has 1 aliphatic heterocycles. The normalized spacial score (nSPS) is 16.7. The van der Waals surface area contributed by atoms with Gasteiger partial charge in [-0.1, -0.05) is 24.6 Å². The largest absolute Gasteiger partial charge is 0.338 e. The standard InChI is InChI=1S/C22H25N3O2S2/c1-12-5-6-14(3)16(9-12)28-11-17-23-20(26)18-15(4)19(29-21(18)24-17)22(27)25-8-7-13(2)10-25/h5-6,9,13H,7-8,10-11H2,1-4H3,(H,23,24,26). The number of benzene rings is 1. The SMILES string of the molecule is Cc1ccc(C)c(SCc2nc3sc(C(=O)N4CCC(C)C4)c(C)c3c(=O)[nH]2)c1. The zero-order valence-electron chi connectivity index (χ0n) is 17.2. The monoisotopic (exact) mass is 427 g/mol. The fourth-order valence-corrected chi connectivity index (χ4v) is 5.90. The van der Waals surface area contributed by atoms with E-state index in [0.717, 1.165) is 25.1 Å². The first-order valence-electron chi connectivity index (χ1n) is 9.85. The first-order valence-corrected chi connectivity index (χ1v) is 11.7. The fraction of sp³-hybridized carbons (Fsp3) is 0.409. The number of aromatic nitrogens is 2. The number of thioether (sulfide) groups is 1. The van der Waals surface area contributed by atoms with E-state index in [1.807, 2.05) is 11.8 Å². The van der Waals surface area contributed by atoms with Crippen molar-refractivity contribution in [1.29, 1.82) is 0 Å². The van der Waals surface area contributed by atoms with Crippen LogP contribution in [0.25, 0.3) is 10.2 Å². The number of thiophene rings is 1. The maximum Gasteiger partial charge on any atom is 0.264 e. The maximum absolute atomic E-state index is 13.0. The van der Waals surface area contributed by atoms with Crippen LogP contribution in [-0.4, -0.2) is 33.9 Å². The lowest BCUT2D eigenvalue weighted by molar-refractivity contribution is 0.0792. The first-order chi connectivity index (χ1) is 13.8. The molecule has 1 fully saturated rings. The minimum atomic E-state index is -0.158. The van der Waals surface area contributed by atoms with Crippen molar-refractivity contribution in [3.05, 3.63) is 55.9 Å². The van der Waals surface area contributed by atoms with Gasteiger partial charge < -0.3 is 9.88 Å². The van der Waals surface area contributed by atoms with E-state index in [0.29, 0.717) is 32.6 Å². The number of fused-ring (bicyclic) bond motifs is 1. The van der Waals surface area contributed by atoms with E-state index in [2.05, 4.69) is 48.9 Å². The highest BCUT2D eigenvalue weighted by molar-refractivity contribution is 7.98. The maximum atomic E-state index is 13.0. The highest BCUT2D eigenvalue weighted by Crippen LogP contribution is 2.31. The number of hydrogen-bond donors (Lipinski definition) is 1.